The molecule has 0 aromatic carbocycles. The number of rotatable bonds is 9. The molecule has 0 N–H and O–H groups in total. The number of aryl methyl sites for hydroxylation is 2. The lowest BCUT2D eigenvalue weighted by Gasteiger charge is -2.11. The van der Waals surface area contributed by atoms with Crippen LogP contribution in [0.5, 0.6) is 11.6 Å². The fourth-order valence-electron chi connectivity index (χ4n) is 3.37. The van der Waals surface area contributed by atoms with Crippen molar-refractivity contribution in [1.29, 1.82) is 0 Å². The molecule has 0 saturated heterocycles. The van der Waals surface area contributed by atoms with Crippen LogP contribution >= 0.6 is 15.9 Å². The highest BCUT2D eigenvalue weighted by Gasteiger charge is 2.19. The summed E-state index contributed by atoms with van der Waals surface area (Å²) in [6, 6.07) is 5.52. The van der Waals surface area contributed by atoms with Crippen LogP contribution in [0.25, 0.3) is 28.2 Å². The van der Waals surface area contributed by atoms with Crippen molar-refractivity contribution < 1.29 is 17.9 Å². The lowest BCUT2D eigenvalue weighted by molar-refractivity contribution is 0.235. The number of halogens is 1. The number of ether oxygens (including phenoxy) is 2. The van der Waals surface area contributed by atoms with Gasteiger partial charge in [-0.05, 0) is 47.1 Å². The van der Waals surface area contributed by atoms with Gasteiger partial charge in [0.05, 0.1) is 43.1 Å². The second kappa shape index (κ2) is 9.55. The van der Waals surface area contributed by atoms with Crippen LogP contribution in [-0.2, 0) is 17.1 Å². The summed E-state index contributed by atoms with van der Waals surface area (Å²) in [5.41, 5.74) is 3.26. The Kier molecular flexibility index (Phi) is 6.71. The van der Waals surface area contributed by atoms with Gasteiger partial charge in [-0.2, -0.15) is 9.19 Å². The van der Waals surface area contributed by atoms with Crippen LogP contribution < -0.4 is 9.47 Å². The molecule has 0 spiro atoms. The van der Waals surface area contributed by atoms with Crippen LogP contribution in [0.4, 0.5) is 0 Å². The summed E-state index contributed by atoms with van der Waals surface area (Å²) >= 11 is 3.33. The van der Waals surface area contributed by atoms with E-state index in [1.165, 1.54) is 6.20 Å². The second-order valence-electron chi connectivity index (χ2n) is 7.56. The lowest BCUT2D eigenvalue weighted by Crippen LogP contribution is -2.11. The van der Waals surface area contributed by atoms with Crippen LogP contribution in [-0.4, -0.2) is 56.8 Å². The monoisotopic (exact) mass is 546 g/mol. The smallest absolute Gasteiger partial charge is 0.251 e. The molecule has 178 valence electrons. The quantitative estimate of drug-likeness (QED) is 0.292. The number of hydrogen-bond donors (Lipinski definition) is 0. The van der Waals surface area contributed by atoms with Crippen molar-refractivity contribution in [3.05, 3.63) is 53.2 Å². The van der Waals surface area contributed by atoms with Gasteiger partial charge in [0.15, 0.2) is 0 Å². The zero-order valence-corrected chi connectivity index (χ0v) is 21.3. The minimum atomic E-state index is -3.56. The van der Waals surface area contributed by atoms with Gasteiger partial charge in [-0.1, -0.05) is 6.58 Å². The van der Waals surface area contributed by atoms with E-state index in [4.69, 9.17) is 9.47 Å². The zero-order valence-electron chi connectivity index (χ0n) is 18.9. The molecule has 0 amide bonds. The summed E-state index contributed by atoms with van der Waals surface area (Å²) in [7, 11) is -1.78. The molecule has 0 aliphatic carbocycles. The summed E-state index contributed by atoms with van der Waals surface area (Å²) in [5, 5.41) is 8.97. The highest BCUT2D eigenvalue weighted by molar-refractivity contribution is 9.10. The Hall–Kier alpha value is -3.25. The van der Waals surface area contributed by atoms with Gasteiger partial charge in [-0.3, -0.25) is 4.98 Å². The lowest BCUT2D eigenvalue weighted by atomic mass is 10.2. The van der Waals surface area contributed by atoms with E-state index in [2.05, 4.69) is 42.7 Å². The van der Waals surface area contributed by atoms with E-state index < -0.39 is 10.0 Å². The molecule has 4 heterocycles. The van der Waals surface area contributed by atoms with Gasteiger partial charge in [-0.25, -0.2) is 18.1 Å². The second-order valence-corrected chi connectivity index (χ2v) is 10.1. The molecule has 0 atom stereocenters. The van der Waals surface area contributed by atoms with Gasteiger partial charge in [0.25, 0.3) is 10.0 Å². The topological polar surface area (TPSA) is 114 Å². The average Bonchev–Trinajstić information content (AvgIpc) is 3.33. The largest absolute Gasteiger partial charge is 0.491 e. The highest BCUT2D eigenvalue weighted by Crippen LogP contribution is 2.32. The van der Waals surface area contributed by atoms with E-state index in [-0.39, 0.29) is 0 Å². The van der Waals surface area contributed by atoms with Gasteiger partial charge in [0.1, 0.15) is 21.6 Å². The van der Waals surface area contributed by atoms with Gasteiger partial charge in [-0.15, -0.1) is 5.10 Å². The Bertz CT molecular complexity index is 1480. The first-order valence-electron chi connectivity index (χ1n) is 10.3. The molecule has 4 aromatic rings. The molecule has 4 aromatic heterocycles. The maximum Gasteiger partial charge on any atom is 0.251 e. The molecule has 0 aliphatic rings. The standard InChI is InChI=1S/C22H23BrN6O4S/c1-5-17-20(8-7-14(2)26-17)32-9-6-10-33-22-16(12-25-28(22)3)18-11-15-19(13-24-18)29(27-21(15)23)34(4,30)31/h5,7-8,11-13H,1,6,9-10H2,2-4H3. The predicted molar refractivity (Wildman–Crippen MR) is 132 cm³/mol. The Morgan fingerprint density at radius 3 is 2.71 bits per heavy atom. The van der Waals surface area contributed by atoms with Gasteiger partial charge in [0, 0.05) is 24.5 Å². The van der Waals surface area contributed by atoms with Crippen LogP contribution in [0.3, 0.4) is 0 Å². The number of pyridine rings is 2. The van der Waals surface area contributed by atoms with Crippen molar-refractivity contribution in [3.63, 3.8) is 0 Å². The van der Waals surface area contributed by atoms with Crippen molar-refractivity contribution in [2.45, 2.75) is 13.3 Å². The zero-order chi connectivity index (χ0) is 24.5. The SMILES string of the molecule is C=Cc1nc(C)ccc1OCCCOc1c(-c2cc3c(Br)nn(S(C)(=O)=O)c3cn2)cnn1C. The Morgan fingerprint density at radius 2 is 1.97 bits per heavy atom. The van der Waals surface area contributed by atoms with Crippen molar-refractivity contribution in [1.82, 2.24) is 28.9 Å². The molecule has 4 rings (SSSR count). The van der Waals surface area contributed by atoms with E-state index in [0.717, 1.165) is 16.0 Å². The fourth-order valence-corrected chi connectivity index (χ4v) is 4.68. The van der Waals surface area contributed by atoms with Crippen molar-refractivity contribution in [3.8, 4) is 22.9 Å². The van der Waals surface area contributed by atoms with E-state index >= 15 is 0 Å². The molecule has 0 fully saturated rings. The summed E-state index contributed by atoms with van der Waals surface area (Å²) in [6.45, 7) is 6.53. The summed E-state index contributed by atoms with van der Waals surface area (Å²) < 4.78 is 38.8. The number of aromatic nitrogens is 6. The number of nitrogens with zero attached hydrogens (tertiary/aromatic N) is 6. The number of hydrogen-bond acceptors (Lipinski definition) is 8. The molecule has 0 saturated carbocycles. The molecule has 10 nitrogen and oxygen atoms in total. The maximum absolute atomic E-state index is 12.0. The van der Waals surface area contributed by atoms with Crippen molar-refractivity contribution in [2.24, 2.45) is 7.05 Å². The van der Waals surface area contributed by atoms with E-state index in [1.54, 1.807) is 30.1 Å². The summed E-state index contributed by atoms with van der Waals surface area (Å²) in [6.07, 6.45) is 6.52. The Morgan fingerprint density at radius 1 is 1.21 bits per heavy atom. The predicted octanol–water partition coefficient (Wildman–Crippen LogP) is 3.60. The molecule has 34 heavy (non-hydrogen) atoms. The minimum absolute atomic E-state index is 0.381. The molecule has 0 radical (unpaired) electrons. The summed E-state index contributed by atoms with van der Waals surface area (Å²) in [4.78, 5) is 8.82. The van der Waals surface area contributed by atoms with E-state index in [1.807, 2.05) is 19.1 Å². The van der Waals surface area contributed by atoms with Crippen LogP contribution in [0.15, 0.2) is 41.8 Å². The van der Waals surface area contributed by atoms with Crippen LogP contribution in [0.1, 0.15) is 17.8 Å². The van der Waals surface area contributed by atoms with Crippen molar-refractivity contribution in [2.75, 3.05) is 19.5 Å². The highest BCUT2D eigenvalue weighted by atomic mass is 79.9. The molecule has 0 aliphatic heterocycles. The fraction of sp³-hybridized carbons (Fsp3) is 0.273. The third-order valence-corrected chi connectivity index (χ3v) is 6.46. The van der Waals surface area contributed by atoms with Crippen LogP contribution in [0.2, 0.25) is 0 Å². The minimum Gasteiger partial charge on any atom is -0.491 e. The third kappa shape index (κ3) is 4.82. The molecular weight excluding hydrogens is 524 g/mol. The maximum atomic E-state index is 12.0. The average molecular weight is 547 g/mol. The molecular formula is C22H23BrN6O4S. The number of fused-ring (bicyclic) bond motifs is 1. The van der Waals surface area contributed by atoms with Crippen molar-refractivity contribution >= 4 is 42.9 Å². The first-order valence-corrected chi connectivity index (χ1v) is 13.0. The van der Waals surface area contributed by atoms with Gasteiger partial charge < -0.3 is 9.47 Å². The third-order valence-electron chi connectivity index (χ3n) is 4.97. The first-order chi connectivity index (χ1) is 16.2. The van der Waals surface area contributed by atoms with Crippen LogP contribution in [0, 0.1) is 6.92 Å². The van der Waals surface area contributed by atoms with E-state index in [0.29, 0.717) is 63.7 Å². The summed E-state index contributed by atoms with van der Waals surface area (Å²) in [5.74, 6) is 1.22. The Balaban J connectivity index is 1.47. The molecule has 12 heteroatoms. The molecule has 0 unspecified atom stereocenters. The van der Waals surface area contributed by atoms with Gasteiger partial charge in [0.2, 0.25) is 5.88 Å². The molecule has 0 bridgehead atoms. The van der Waals surface area contributed by atoms with Gasteiger partial charge >= 0.3 is 0 Å². The van der Waals surface area contributed by atoms with E-state index in [9.17, 15) is 8.42 Å². The normalized spacial score (nSPS) is 11.6. The Labute approximate surface area is 205 Å². The first kappa shape index (κ1) is 23.9.